The van der Waals surface area contributed by atoms with Gasteiger partial charge < -0.3 is 4.90 Å². The van der Waals surface area contributed by atoms with E-state index in [0.29, 0.717) is 38.3 Å². The molecule has 1 aliphatic rings. The van der Waals surface area contributed by atoms with Crippen LogP contribution in [0, 0.1) is 5.82 Å². The predicted octanol–water partition coefficient (Wildman–Crippen LogP) is 3.73. The highest BCUT2D eigenvalue weighted by Gasteiger charge is 2.30. The number of rotatable bonds is 4. The topological polar surface area (TPSA) is 23.6 Å². The number of alkyl halides is 3. The SMILES string of the molecule is O=C(Cc1ccccc1F)N1CCN(Cc2ccc(C(F)(F)F)cc2)CC1. The molecule has 2 aromatic rings. The number of halogens is 4. The Balaban J connectivity index is 1.50. The highest BCUT2D eigenvalue weighted by atomic mass is 19.4. The second-order valence-electron chi connectivity index (χ2n) is 6.62. The van der Waals surface area contributed by atoms with Crippen molar-refractivity contribution >= 4 is 5.91 Å². The van der Waals surface area contributed by atoms with Gasteiger partial charge in [0.1, 0.15) is 5.82 Å². The molecule has 2 aromatic carbocycles. The van der Waals surface area contributed by atoms with Crippen LogP contribution in [0.4, 0.5) is 17.6 Å². The van der Waals surface area contributed by atoms with E-state index in [-0.39, 0.29) is 18.1 Å². The third kappa shape index (κ3) is 5.07. The van der Waals surface area contributed by atoms with Gasteiger partial charge in [0.2, 0.25) is 5.91 Å². The Morgan fingerprint density at radius 2 is 1.56 bits per heavy atom. The van der Waals surface area contributed by atoms with E-state index in [2.05, 4.69) is 4.90 Å². The Morgan fingerprint density at radius 1 is 0.926 bits per heavy atom. The summed E-state index contributed by atoms with van der Waals surface area (Å²) in [6.45, 7) is 2.84. The van der Waals surface area contributed by atoms with E-state index in [4.69, 9.17) is 0 Å². The lowest BCUT2D eigenvalue weighted by Crippen LogP contribution is -2.48. The first kappa shape index (κ1) is 19.4. The number of carbonyl (C=O) groups excluding carboxylic acids is 1. The van der Waals surface area contributed by atoms with E-state index in [1.54, 1.807) is 23.1 Å². The van der Waals surface area contributed by atoms with E-state index in [1.807, 2.05) is 0 Å². The van der Waals surface area contributed by atoms with Gasteiger partial charge in [-0.3, -0.25) is 9.69 Å². The zero-order valence-electron chi connectivity index (χ0n) is 14.7. The molecule has 1 saturated heterocycles. The van der Waals surface area contributed by atoms with Crippen molar-refractivity contribution in [3.05, 3.63) is 71.0 Å². The monoisotopic (exact) mass is 380 g/mol. The van der Waals surface area contributed by atoms with Crippen LogP contribution >= 0.6 is 0 Å². The summed E-state index contributed by atoms with van der Waals surface area (Å²) < 4.78 is 51.5. The van der Waals surface area contributed by atoms with Crippen LogP contribution in [0.5, 0.6) is 0 Å². The lowest BCUT2D eigenvalue weighted by atomic mass is 10.1. The van der Waals surface area contributed by atoms with Gasteiger partial charge in [-0.1, -0.05) is 30.3 Å². The lowest BCUT2D eigenvalue weighted by Gasteiger charge is -2.35. The maximum atomic E-state index is 13.7. The molecule has 3 rings (SSSR count). The van der Waals surface area contributed by atoms with Crippen molar-refractivity contribution in [2.75, 3.05) is 26.2 Å². The molecule has 0 saturated carbocycles. The Kier molecular flexibility index (Phi) is 5.79. The first-order chi connectivity index (χ1) is 12.8. The summed E-state index contributed by atoms with van der Waals surface area (Å²) in [6.07, 6.45) is -4.30. The van der Waals surface area contributed by atoms with Crippen LogP contribution in [0.25, 0.3) is 0 Å². The van der Waals surface area contributed by atoms with Crippen LogP contribution in [0.3, 0.4) is 0 Å². The van der Waals surface area contributed by atoms with Crippen molar-refractivity contribution in [1.29, 1.82) is 0 Å². The van der Waals surface area contributed by atoms with Crippen LogP contribution in [0.2, 0.25) is 0 Å². The Hall–Kier alpha value is -2.41. The zero-order chi connectivity index (χ0) is 19.4. The molecule has 1 aliphatic heterocycles. The number of carbonyl (C=O) groups is 1. The van der Waals surface area contributed by atoms with Crippen molar-refractivity contribution in [3.8, 4) is 0 Å². The van der Waals surface area contributed by atoms with Crippen molar-refractivity contribution in [2.24, 2.45) is 0 Å². The summed E-state index contributed by atoms with van der Waals surface area (Å²) in [7, 11) is 0. The molecule has 0 unspecified atom stereocenters. The van der Waals surface area contributed by atoms with Crippen molar-refractivity contribution in [2.45, 2.75) is 19.1 Å². The third-order valence-corrected chi connectivity index (χ3v) is 4.71. The van der Waals surface area contributed by atoms with Crippen LogP contribution < -0.4 is 0 Å². The molecule has 1 heterocycles. The normalized spacial score (nSPS) is 15.8. The van der Waals surface area contributed by atoms with Crippen molar-refractivity contribution in [3.63, 3.8) is 0 Å². The molecule has 0 atom stereocenters. The molecule has 1 amide bonds. The van der Waals surface area contributed by atoms with Gasteiger partial charge in [-0.2, -0.15) is 13.2 Å². The average Bonchev–Trinajstić information content (AvgIpc) is 2.64. The molecule has 3 nitrogen and oxygen atoms in total. The molecule has 144 valence electrons. The minimum atomic E-state index is -4.33. The van der Waals surface area contributed by atoms with Crippen molar-refractivity contribution < 1.29 is 22.4 Å². The number of nitrogens with zero attached hydrogens (tertiary/aromatic N) is 2. The second kappa shape index (κ2) is 8.08. The number of piperazine rings is 1. The molecule has 27 heavy (non-hydrogen) atoms. The zero-order valence-corrected chi connectivity index (χ0v) is 14.7. The van der Waals surface area contributed by atoms with Crippen LogP contribution in [-0.4, -0.2) is 41.9 Å². The van der Waals surface area contributed by atoms with E-state index in [9.17, 15) is 22.4 Å². The van der Waals surface area contributed by atoms with Gasteiger partial charge in [0.05, 0.1) is 12.0 Å². The molecule has 0 aromatic heterocycles. The molecule has 7 heteroatoms. The average molecular weight is 380 g/mol. The standard InChI is InChI=1S/C20H20F4N2O/c21-18-4-2-1-3-16(18)13-19(27)26-11-9-25(10-12-26)14-15-5-7-17(8-6-15)20(22,23)24/h1-8H,9-14H2. The fraction of sp³-hybridized carbons (Fsp3) is 0.350. The molecule has 0 bridgehead atoms. The summed E-state index contributed by atoms with van der Waals surface area (Å²) in [5.74, 6) is -0.499. The van der Waals surface area contributed by atoms with Crippen LogP contribution in [-0.2, 0) is 23.9 Å². The van der Waals surface area contributed by atoms with E-state index < -0.39 is 11.7 Å². The summed E-state index contributed by atoms with van der Waals surface area (Å²) in [5, 5.41) is 0. The smallest absolute Gasteiger partial charge is 0.340 e. The van der Waals surface area contributed by atoms with Gasteiger partial charge in [-0.05, 0) is 29.3 Å². The molecule has 1 fully saturated rings. The van der Waals surface area contributed by atoms with Crippen molar-refractivity contribution in [1.82, 2.24) is 9.80 Å². The maximum Gasteiger partial charge on any atom is 0.416 e. The van der Waals surface area contributed by atoms with Gasteiger partial charge in [-0.25, -0.2) is 4.39 Å². The van der Waals surface area contributed by atoms with Crippen LogP contribution in [0.1, 0.15) is 16.7 Å². The van der Waals surface area contributed by atoms with Gasteiger partial charge in [-0.15, -0.1) is 0 Å². The summed E-state index contributed by atoms with van der Waals surface area (Å²) >= 11 is 0. The van der Waals surface area contributed by atoms with Gasteiger partial charge in [0, 0.05) is 32.7 Å². The number of hydrogen-bond donors (Lipinski definition) is 0. The minimum Gasteiger partial charge on any atom is -0.340 e. The predicted molar refractivity (Wildman–Crippen MR) is 93.4 cm³/mol. The van der Waals surface area contributed by atoms with E-state index >= 15 is 0 Å². The lowest BCUT2D eigenvalue weighted by molar-refractivity contribution is -0.137. The Morgan fingerprint density at radius 3 is 2.15 bits per heavy atom. The third-order valence-electron chi connectivity index (χ3n) is 4.71. The Labute approximate surface area is 155 Å². The fourth-order valence-electron chi connectivity index (χ4n) is 3.13. The highest BCUT2D eigenvalue weighted by molar-refractivity contribution is 5.79. The largest absolute Gasteiger partial charge is 0.416 e. The highest BCUT2D eigenvalue weighted by Crippen LogP contribution is 2.29. The fourth-order valence-corrected chi connectivity index (χ4v) is 3.13. The number of amides is 1. The molecule has 0 spiro atoms. The quantitative estimate of drug-likeness (QED) is 0.755. The number of hydrogen-bond acceptors (Lipinski definition) is 2. The molecule has 0 N–H and O–H groups in total. The van der Waals surface area contributed by atoms with E-state index in [1.165, 1.54) is 18.2 Å². The van der Waals surface area contributed by atoms with Gasteiger partial charge in [0.25, 0.3) is 0 Å². The van der Waals surface area contributed by atoms with E-state index in [0.717, 1.165) is 17.7 Å². The first-order valence-corrected chi connectivity index (χ1v) is 8.72. The molecule has 0 aliphatic carbocycles. The van der Waals surface area contributed by atoms with Gasteiger partial charge >= 0.3 is 6.18 Å². The summed E-state index contributed by atoms with van der Waals surface area (Å²) in [5.41, 5.74) is 0.527. The second-order valence-corrected chi connectivity index (χ2v) is 6.62. The maximum absolute atomic E-state index is 13.7. The molecular weight excluding hydrogens is 360 g/mol. The Bertz CT molecular complexity index is 781. The first-order valence-electron chi connectivity index (χ1n) is 8.72. The minimum absolute atomic E-state index is 0.0333. The summed E-state index contributed by atoms with van der Waals surface area (Å²) in [4.78, 5) is 16.1. The molecule has 0 radical (unpaired) electrons. The molecular formula is C20H20F4N2O. The van der Waals surface area contributed by atoms with Gasteiger partial charge in [0.15, 0.2) is 0 Å². The summed E-state index contributed by atoms with van der Waals surface area (Å²) in [6, 6.07) is 11.4. The number of benzene rings is 2. The van der Waals surface area contributed by atoms with Crippen LogP contribution in [0.15, 0.2) is 48.5 Å².